The Labute approximate surface area is 181 Å². The number of anilines is 1. The molecule has 0 aliphatic carbocycles. The molecule has 0 aliphatic rings. The Kier molecular flexibility index (Phi) is 6.37. The zero-order valence-electron chi connectivity index (χ0n) is 16.8. The lowest BCUT2D eigenvalue weighted by Crippen LogP contribution is -2.21. The third-order valence-corrected chi connectivity index (χ3v) is 4.57. The minimum absolute atomic E-state index is 0.404. The zero-order valence-corrected chi connectivity index (χ0v) is 16.8. The van der Waals surface area contributed by atoms with Gasteiger partial charge in [0.1, 0.15) is 11.5 Å². The molecule has 0 saturated carbocycles. The summed E-state index contributed by atoms with van der Waals surface area (Å²) in [6.45, 7) is 0.404. The molecule has 3 aromatic carbocycles. The lowest BCUT2D eigenvalue weighted by Gasteiger charge is -2.19. The van der Waals surface area contributed by atoms with Crippen LogP contribution in [0.4, 0.5) is 5.69 Å². The average Bonchev–Trinajstić information content (AvgIpc) is 2.83. The van der Waals surface area contributed by atoms with Crippen LogP contribution in [0.15, 0.2) is 103 Å². The van der Waals surface area contributed by atoms with E-state index < -0.39 is 0 Å². The highest BCUT2D eigenvalue weighted by Crippen LogP contribution is 2.25. The molecule has 0 N–H and O–H groups in total. The first-order chi connectivity index (χ1) is 15.3. The van der Waals surface area contributed by atoms with Crippen molar-refractivity contribution in [3.8, 4) is 23.3 Å². The maximum absolute atomic E-state index is 11.9. The number of nitrogens with zero attached hydrogens (tertiary/aromatic N) is 2. The fraction of sp³-hybridized carbons (Fsp3) is 0.0370. The Bertz CT molecular complexity index is 1210. The zero-order chi connectivity index (χ0) is 21.3. The van der Waals surface area contributed by atoms with Gasteiger partial charge in [-0.1, -0.05) is 54.3 Å². The quantitative estimate of drug-likeness (QED) is 0.318. The van der Waals surface area contributed by atoms with Crippen molar-refractivity contribution in [1.82, 2.24) is 4.98 Å². The molecule has 0 spiro atoms. The Morgan fingerprint density at radius 1 is 0.839 bits per heavy atom. The van der Waals surface area contributed by atoms with Crippen LogP contribution < -0.4 is 9.64 Å². The second-order valence-corrected chi connectivity index (χ2v) is 6.80. The molecule has 4 nitrogen and oxygen atoms in total. The Morgan fingerprint density at radius 3 is 2.45 bits per heavy atom. The minimum atomic E-state index is 0.404. The van der Waals surface area contributed by atoms with E-state index in [1.165, 1.54) is 0 Å². The van der Waals surface area contributed by atoms with Gasteiger partial charge in [0.05, 0.1) is 12.2 Å². The number of rotatable bonds is 6. The molecule has 0 unspecified atom stereocenters. The van der Waals surface area contributed by atoms with E-state index in [0.29, 0.717) is 6.54 Å². The van der Waals surface area contributed by atoms with Crippen LogP contribution >= 0.6 is 0 Å². The van der Waals surface area contributed by atoms with Crippen molar-refractivity contribution in [2.45, 2.75) is 6.54 Å². The van der Waals surface area contributed by atoms with Crippen LogP contribution in [0.25, 0.3) is 0 Å². The van der Waals surface area contributed by atoms with E-state index in [1.807, 2.05) is 91.0 Å². The molecule has 1 amide bonds. The molecule has 1 heterocycles. The average molecular weight is 404 g/mol. The molecule has 1 aromatic heterocycles. The largest absolute Gasteiger partial charge is 0.457 e. The number of aromatic nitrogens is 1. The smallest absolute Gasteiger partial charge is 0.214 e. The van der Waals surface area contributed by atoms with Gasteiger partial charge >= 0.3 is 0 Å². The Hall–Kier alpha value is -4.36. The standard InChI is InChI=1S/C27H20N2O2/c30-21-29(20-23-8-6-13-26(18-23)31-25-11-2-1-3-12-25)27-14-5-4-10-24(27)16-15-22-9-7-17-28-19-22/h1-14,17-19,21H,20H2. The van der Waals surface area contributed by atoms with Gasteiger partial charge in [-0.15, -0.1) is 0 Å². The van der Waals surface area contributed by atoms with E-state index in [-0.39, 0.29) is 0 Å². The van der Waals surface area contributed by atoms with Gasteiger partial charge in [-0.3, -0.25) is 9.78 Å². The molecule has 31 heavy (non-hydrogen) atoms. The second-order valence-electron chi connectivity index (χ2n) is 6.80. The van der Waals surface area contributed by atoms with E-state index in [2.05, 4.69) is 16.8 Å². The molecule has 4 aromatic rings. The van der Waals surface area contributed by atoms with E-state index in [1.54, 1.807) is 17.3 Å². The van der Waals surface area contributed by atoms with E-state index >= 15 is 0 Å². The number of para-hydroxylation sites is 2. The van der Waals surface area contributed by atoms with Crippen molar-refractivity contribution in [3.63, 3.8) is 0 Å². The van der Waals surface area contributed by atoms with Gasteiger partial charge in [-0.2, -0.15) is 0 Å². The summed E-state index contributed by atoms with van der Waals surface area (Å²) in [5.41, 5.74) is 3.30. The first-order valence-corrected chi connectivity index (χ1v) is 9.87. The predicted molar refractivity (Wildman–Crippen MR) is 122 cm³/mol. The highest BCUT2D eigenvalue weighted by Gasteiger charge is 2.11. The van der Waals surface area contributed by atoms with Gasteiger partial charge in [0, 0.05) is 23.5 Å². The van der Waals surface area contributed by atoms with Crippen molar-refractivity contribution in [3.05, 3.63) is 120 Å². The number of amides is 1. The minimum Gasteiger partial charge on any atom is -0.457 e. The molecular weight excluding hydrogens is 384 g/mol. The summed E-state index contributed by atoms with van der Waals surface area (Å²) >= 11 is 0. The molecule has 0 fully saturated rings. The maximum atomic E-state index is 11.9. The molecule has 150 valence electrons. The number of ether oxygens (including phenoxy) is 1. The number of benzene rings is 3. The monoisotopic (exact) mass is 404 g/mol. The van der Waals surface area contributed by atoms with Crippen LogP contribution in [0.5, 0.6) is 11.5 Å². The van der Waals surface area contributed by atoms with Crippen LogP contribution in [0, 0.1) is 11.8 Å². The highest BCUT2D eigenvalue weighted by molar-refractivity contribution is 5.79. The molecular formula is C27H20N2O2. The third kappa shape index (κ3) is 5.37. The topological polar surface area (TPSA) is 42.4 Å². The number of pyridine rings is 1. The second kappa shape index (κ2) is 9.91. The molecule has 4 heteroatoms. The summed E-state index contributed by atoms with van der Waals surface area (Å²) in [7, 11) is 0. The van der Waals surface area contributed by atoms with Gasteiger partial charge in [-0.25, -0.2) is 0 Å². The van der Waals surface area contributed by atoms with Crippen LogP contribution in [-0.4, -0.2) is 11.4 Å². The van der Waals surface area contributed by atoms with Crippen LogP contribution in [0.3, 0.4) is 0 Å². The van der Waals surface area contributed by atoms with Crippen molar-refractivity contribution in [2.75, 3.05) is 4.90 Å². The normalized spacial score (nSPS) is 9.94. The fourth-order valence-electron chi connectivity index (χ4n) is 3.11. The predicted octanol–water partition coefficient (Wildman–Crippen LogP) is 5.44. The Balaban J connectivity index is 1.56. The summed E-state index contributed by atoms with van der Waals surface area (Å²) in [5, 5.41) is 0. The molecule has 4 rings (SSSR count). The van der Waals surface area contributed by atoms with Gasteiger partial charge in [-0.05, 0) is 54.1 Å². The van der Waals surface area contributed by atoms with Gasteiger partial charge in [0.15, 0.2) is 0 Å². The number of carbonyl (C=O) groups excluding carboxylic acids is 1. The first kappa shape index (κ1) is 19.9. The molecule has 0 bridgehead atoms. The molecule has 0 saturated heterocycles. The molecule has 0 radical (unpaired) electrons. The lowest BCUT2D eigenvalue weighted by molar-refractivity contribution is -0.107. The third-order valence-electron chi connectivity index (χ3n) is 4.57. The number of carbonyl (C=O) groups is 1. The maximum Gasteiger partial charge on any atom is 0.214 e. The summed E-state index contributed by atoms with van der Waals surface area (Å²) in [5.74, 6) is 7.75. The van der Waals surface area contributed by atoms with Gasteiger partial charge in [0.25, 0.3) is 0 Å². The highest BCUT2D eigenvalue weighted by atomic mass is 16.5. The first-order valence-electron chi connectivity index (χ1n) is 9.87. The fourth-order valence-corrected chi connectivity index (χ4v) is 3.11. The summed E-state index contributed by atoms with van der Waals surface area (Å²) < 4.78 is 5.92. The van der Waals surface area contributed by atoms with Crippen molar-refractivity contribution < 1.29 is 9.53 Å². The SMILES string of the molecule is O=CN(Cc1cccc(Oc2ccccc2)c1)c1ccccc1C#Cc1cccnc1. The number of hydrogen-bond acceptors (Lipinski definition) is 3. The van der Waals surface area contributed by atoms with Crippen LogP contribution in [-0.2, 0) is 11.3 Å². The summed E-state index contributed by atoms with van der Waals surface area (Å²) in [6, 6.07) is 28.7. The van der Waals surface area contributed by atoms with E-state index in [9.17, 15) is 4.79 Å². The van der Waals surface area contributed by atoms with E-state index in [4.69, 9.17) is 4.74 Å². The van der Waals surface area contributed by atoms with Gasteiger partial charge in [0.2, 0.25) is 6.41 Å². The Morgan fingerprint density at radius 2 is 1.65 bits per heavy atom. The van der Waals surface area contributed by atoms with E-state index in [0.717, 1.165) is 40.3 Å². The lowest BCUT2D eigenvalue weighted by atomic mass is 10.1. The van der Waals surface area contributed by atoms with Crippen LogP contribution in [0.1, 0.15) is 16.7 Å². The van der Waals surface area contributed by atoms with Gasteiger partial charge < -0.3 is 9.64 Å². The number of hydrogen-bond donors (Lipinski definition) is 0. The summed E-state index contributed by atoms with van der Waals surface area (Å²) in [4.78, 5) is 17.7. The van der Waals surface area contributed by atoms with Crippen molar-refractivity contribution in [1.29, 1.82) is 0 Å². The van der Waals surface area contributed by atoms with Crippen molar-refractivity contribution >= 4 is 12.1 Å². The van der Waals surface area contributed by atoms with Crippen LogP contribution in [0.2, 0.25) is 0 Å². The summed E-state index contributed by atoms with van der Waals surface area (Å²) in [6.07, 6.45) is 4.25. The van der Waals surface area contributed by atoms with Crippen molar-refractivity contribution in [2.24, 2.45) is 0 Å². The molecule has 0 aliphatic heterocycles. The molecule has 0 atom stereocenters.